The van der Waals surface area contributed by atoms with Gasteiger partial charge in [0.15, 0.2) is 17.3 Å². The third kappa shape index (κ3) is 1.78. The highest BCUT2D eigenvalue weighted by atomic mass is 16.7. The summed E-state index contributed by atoms with van der Waals surface area (Å²) in [5, 5.41) is 9.19. The summed E-state index contributed by atoms with van der Waals surface area (Å²) in [6.07, 6.45) is 0. The predicted molar refractivity (Wildman–Crippen MR) is 64.1 cm³/mol. The van der Waals surface area contributed by atoms with E-state index in [1.54, 1.807) is 30.3 Å². The standard InChI is InChI=1S/C14H10O4/c15-11-4-1-9(2-5-11)14(16)10-3-6-12-13(7-10)18-8-17-12/h1-7,15H,8H2. The lowest BCUT2D eigenvalue weighted by atomic mass is 10.0. The summed E-state index contributed by atoms with van der Waals surface area (Å²) in [6.45, 7) is 0.187. The molecule has 2 aromatic carbocycles. The Kier molecular flexibility index (Phi) is 2.41. The minimum Gasteiger partial charge on any atom is -0.508 e. The van der Waals surface area contributed by atoms with E-state index in [0.29, 0.717) is 22.6 Å². The van der Waals surface area contributed by atoms with Gasteiger partial charge in [0.2, 0.25) is 6.79 Å². The Bertz CT molecular complexity index is 602. The lowest BCUT2D eigenvalue weighted by Gasteiger charge is -2.03. The largest absolute Gasteiger partial charge is 0.508 e. The lowest BCUT2D eigenvalue weighted by molar-refractivity contribution is 0.103. The van der Waals surface area contributed by atoms with Crippen LogP contribution in [0.25, 0.3) is 0 Å². The van der Waals surface area contributed by atoms with Gasteiger partial charge in [-0.3, -0.25) is 4.79 Å². The van der Waals surface area contributed by atoms with Gasteiger partial charge >= 0.3 is 0 Å². The molecule has 0 spiro atoms. The summed E-state index contributed by atoms with van der Waals surface area (Å²) in [4.78, 5) is 12.2. The van der Waals surface area contributed by atoms with E-state index in [1.807, 2.05) is 0 Å². The molecule has 0 fully saturated rings. The Morgan fingerprint density at radius 3 is 2.39 bits per heavy atom. The van der Waals surface area contributed by atoms with Crippen LogP contribution in [0.2, 0.25) is 0 Å². The number of hydrogen-bond acceptors (Lipinski definition) is 4. The van der Waals surface area contributed by atoms with Crippen LogP contribution < -0.4 is 9.47 Å². The van der Waals surface area contributed by atoms with Crippen molar-refractivity contribution in [2.24, 2.45) is 0 Å². The van der Waals surface area contributed by atoms with Crippen molar-refractivity contribution in [2.75, 3.05) is 6.79 Å². The van der Waals surface area contributed by atoms with Crippen molar-refractivity contribution in [1.29, 1.82) is 0 Å². The maximum atomic E-state index is 12.2. The van der Waals surface area contributed by atoms with Crippen molar-refractivity contribution < 1.29 is 19.4 Å². The van der Waals surface area contributed by atoms with Gasteiger partial charge < -0.3 is 14.6 Å². The molecule has 0 amide bonds. The van der Waals surface area contributed by atoms with E-state index < -0.39 is 0 Å². The number of phenolic OH excluding ortho intramolecular Hbond substituents is 1. The Hall–Kier alpha value is -2.49. The van der Waals surface area contributed by atoms with Crippen LogP contribution in [0.3, 0.4) is 0 Å². The zero-order valence-corrected chi connectivity index (χ0v) is 9.42. The molecule has 0 aromatic heterocycles. The van der Waals surface area contributed by atoms with Crippen LogP contribution >= 0.6 is 0 Å². The molecule has 2 aromatic rings. The van der Waals surface area contributed by atoms with Crippen LogP contribution in [0.4, 0.5) is 0 Å². The first kappa shape index (κ1) is 10.7. The van der Waals surface area contributed by atoms with Crippen LogP contribution in [-0.4, -0.2) is 17.7 Å². The van der Waals surface area contributed by atoms with Crippen LogP contribution in [0.5, 0.6) is 17.2 Å². The summed E-state index contributed by atoms with van der Waals surface area (Å²) in [6, 6.07) is 11.2. The molecule has 0 saturated heterocycles. The zero-order valence-electron chi connectivity index (χ0n) is 9.42. The normalized spacial score (nSPS) is 12.4. The van der Waals surface area contributed by atoms with Gasteiger partial charge in [0.25, 0.3) is 0 Å². The summed E-state index contributed by atoms with van der Waals surface area (Å²) < 4.78 is 10.4. The second-order valence-electron chi connectivity index (χ2n) is 3.94. The first-order chi connectivity index (χ1) is 8.74. The zero-order chi connectivity index (χ0) is 12.5. The Balaban J connectivity index is 1.95. The Morgan fingerprint density at radius 1 is 0.944 bits per heavy atom. The smallest absolute Gasteiger partial charge is 0.231 e. The number of carbonyl (C=O) groups is 1. The number of ether oxygens (including phenoxy) is 2. The minimum atomic E-state index is -0.117. The lowest BCUT2D eigenvalue weighted by Crippen LogP contribution is -2.00. The molecular formula is C14H10O4. The minimum absolute atomic E-state index is 0.117. The van der Waals surface area contributed by atoms with E-state index in [2.05, 4.69) is 0 Å². The van der Waals surface area contributed by atoms with Crippen LogP contribution in [0.1, 0.15) is 15.9 Å². The van der Waals surface area contributed by atoms with E-state index in [-0.39, 0.29) is 18.3 Å². The Labute approximate surface area is 103 Å². The average molecular weight is 242 g/mol. The first-order valence-electron chi connectivity index (χ1n) is 5.47. The molecule has 0 unspecified atom stereocenters. The SMILES string of the molecule is O=C(c1ccc(O)cc1)c1ccc2c(c1)OCO2. The van der Waals surface area contributed by atoms with Crippen LogP contribution in [0.15, 0.2) is 42.5 Å². The van der Waals surface area contributed by atoms with Gasteiger partial charge in [0.05, 0.1) is 0 Å². The van der Waals surface area contributed by atoms with Gasteiger partial charge in [0, 0.05) is 11.1 Å². The molecule has 18 heavy (non-hydrogen) atoms. The maximum absolute atomic E-state index is 12.2. The third-order valence-corrected chi connectivity index (χ3v) is 2.76. The van der Waals surface area contributed by atoms with Crippen molar-refractivity contribution in [1.82, 2.24) is 0 Å². The number of benzene rings is 2. The molecule has 0 atom stereocenters. The van der Waals surface area contributed by atoms with E-state index >= 15 is 0 Å². The predicted octanol–water partition coefficient (Wildman–Crippen LogP) is 2.35. The van der Waals surface area contributed by atoms with Crippen molar-refractivity contribution in [3.05, 3.63) is 53.6 Å². The van der Waals surface area contributed by atoms with Gasteiger partial charge in [-0.2, -0.15) is 0 Å². The quantitative estimate of drug-likeness (QED) is 0.821. The van der Waals surface area contributed by atoms with Crippen LogP contribution in [0, 0.1) is 0 Å². The number of fused-ring (bicyclic) bond motifs is 1. The van der Waals surface area contributed by atoms with Crippen molar-refractivity contribution in [3.8, 4) is 17.2 Å². The number of ketones is 1. The molecule has 1 aliphatic rings. The maximum Gasteiger partial charge on any atom is 0.231 e. The molecule has 0 radical (unpaired) electrons. The fourth-order valence-electron chi connectivity index (χ4n) is 1.82. The van der Waals surface area contributed by atoms with Gasteiger partial charge in [0.1, 0.15) is 5.75 Å². The fraction of sp³-hybridized carbons (Fsp3) is 0.0714. The second kappa shape index (κ2) is 4.07. The average Bonchev–Trinajstić information content (AvgIpc) is 2.86. The van der Waals surface area contributed by atoms with E-state index in [4.69, 9.17) is 9.47 Å². The highest BCUT2D eigenvalue weighted by Gasteiger charge is 2.17. The number of carbonyl (C=O) groups excluding carboxylic acids is 1. The molecule has 4 heteroatoms. The molecule has 1 aliphatic heterocycles. The molecule has 3 rings (SSSR count). The summed E-state index contributed by atoms with van der Waals surface area (Å²) in [5.41, 5.74) is 1.05. The third-order valence-electron chi connectivity index (χ3n) is 2.76. The van der Waals surface area contributed by atoms with Crippen molar-refractivity contribution >= 4 is 5.78 Å². The highest BCUT2D eigenvalue weighted by Crippen LogP contribution is 2.33. The fourth-order valence-corrected chi connectivity index (χ4v) is 1.82. The Morgan fingerprint density at radius 2 is 1.61 bits per heavy atom. The van der Waals surface area contributed by atoms with Gasteiger partial charge in [-0.05, 0) is 42.5 Å². The topological polar surface area (TPSA) is 55.8 Å². The molecule has 0 bridgehead atoms. The molecular weight excluding hydrogens is 232 g/mol. The summed E-state index contributed by atoms with van der Waals surface area (Å²) >= 11 is 0. The highest BCUT2D eigenvalue weighted by molar-refractivity contribution is 6.09. The second-order valence-corrected chi connectivity index (χ2v) is 3.94. The summed E-state index contributed by atoms with van der Waals surface area (Å²) in [7, 11) is 0. The molecule has 90 valence electrons. The van der Waals surface area contributed by atoms with Gasteiger partial charge in [-0.1, -0.05) is 0 Å². The monoisotopic (exact) mass is 242 g/mol. The van der Waals surface area contributed by atoms with E-state index in [0.717, 1.165) is 0 Å². The first-order valence-corrected chi connectivity index (χ1v) is 5.47. The van der Waals surface area contributed by atoms with Gasteiger partial charge in [-0.25, -0.2) is 0 Å². The number of hydrogen-bond donors (Lipinski definition) is 1. The number of rotatable bonds is 2. The van der Waals surface area contributed by atoms with Crippen LogP contribution in [-0.2, 0) is 0 Å². The number of aromatic hydroxyl groups is 1. The van der Waals surface area contributed by atoms with Crippen molar-refractivity contribution in [2.45, 2.75) is 0 Å². The van der Waals surface area contributed by atoms with E-state index in [1.165, 1.54) is 12.1 Å². The molecule has 1 N–H and O–H groups in total. The van der Waals surface area contributed by atoms with Crippen molar-refractivity contribution in [3.63, 3.8) is 0 Å². The number of phenols is 1. The van der Waals surface area contributed by atoms with E-state index in [9.17, 15) is 9.90 Å². The molecule has 1 heterocycles. The molecule has 0 aliphatic carbocycles. The molecule has 0 saturated carbocycles. The molecule has 4 nitrogen and oxygen atoms in total. The summed E-state index contributed by atoms with van der Waals surface area (Å²) in [5.74, 6) is 1.25. The van der Waals surface area contributed by atoms with Gasteiger partial charge in [-0.15, -0.1) is 0 Å².